The first-order chi connectivity index (χ1) is 7.08. The molecular formula is C12H16FNO. The zero-order chi connectivity index (χ0) is 11.1. The summed E-state index contributed by atoms with van der Waals surface area (Å²) in [7, 11) is 1.60. The van der Waals surface area contributed by atoms with Gasteiger partial charge in [0.1, 0.15) is 11.6 Å². The Balaban J connectivity index is 2.56. The fourth-order valence-corrected chi connectivity index (χ4v) is 2.26. The number of methoxy groups -OCH3 is 1. The average Bonchev–Trinajstić information content (AvgIpc) is 2.18. The Morgan fingerprint density at radius 1 is 1.40 bits per heavy atom. The molecule has 1 aromatic carbocycles. The Bertz CT molecular complexity index is 385. The van der Waals surface area contributed by atoms with Gasteiger partial charge in [0.05, 0.1) is 7.11 Å². The lowest BCUT2D eigenvalue weighted by Gasteiger charge is -2.40. The van der Waals surface area contributed by atoms with Gasteiger partial charge in [-0.3, -0.25) is 0 Å². The number of hydrogen-bond acceptors (Lipinski definition) is 2. The highest BCUT2D eigenvalue weighted by Gasteiger charge is 2.38. The van der Waals surface area contributed by atoms with Crippen LogP contribution in [0, 0.1) is 12.7 Å². The van der Waals surface area contributed by atoms with Gasteiger partial charge in [-0.2, -0.15) is 0 Å². The van der Waals surface area contributed by atoms with Crippen molar-refractivity contribution >= 4 is 0 Å². The summed E-state index contributed by atoms with van der Waals surface area (Å²) < 4.78 is 18.7. The van der Waals surface area contributed by atoms with Crippen LogP contribution in [0.3, 0.4) is 0 Å². The molecule has 0 atom stereocenters. The molecule has 3 heteroatoms. The molecular weight excluding hydrogens is 193 g/mol. The van der Waals surface area contributed by atoms with Crippen molar-refractivity contribution < 1.29 is 9.13 Å². The third-order valence-corrected chi connectivity index (χ3v) is 3.32. The third-order valence-electron chi connectivity index (χ3n) is 3.32. The molecule has 0 bridgehead atoms. The van der Waals surface area contributed by atoms with Crippen molar-refractivity contribution in [1.82, 2.24) is 0 Å². The van der Waals surface area contributed by atoms with Crippen LogP contribution in [0.2, 0.25) is 0 Å². The molecule has 0 radical (unpaired) electrons. The summed E-state index contributed by atoms with van der Waals surface area (Å²) in [6, 6.07) is 3.09. The number of rotatable bonds is 2. The predicted octanol–water partition coefficient (Wildman–Crippen LogP) is 2.48. The second-order valence-corrected chi connectivity index (χ2v) is 4.26. The summed E-state index contributed by atoms with van der Waals surface area (Å²) in [6.45, 7) is 1.76. The van der Waals surface area contributed by atoms with Crippen molar-refractivity contribution in [3.05, 3.63) is 29.1 Å². The van der Waals surface area contributed by atoms with E-state index in [0.717, 1.165) is 24.8 Å². The Morgan fingerprint density at radius 2 is 2.07 bits per heavy atom. The maximum Gasteiger partial charge on any atom is 0.126 e. The molecule has 0 saturated heterocycles. The molecule has 0 unspecified atom stereocenters. The average molecular weight is 209 g/mol. The summed E-state index contributed by atoms with van der Waals surface area (Å²) in [4.78, 5) is 0. The Morgan fingerprint density at radius 3 is 2.53 bits per heavy atom. The first kappa shape index (κ1) is 10.4. The van der Waals surface area contributed by atoms with Crippen LogP contribution in [0.25, 0.3) is 0 Å². The second-order valence-electron chi connectivity index (χ2n) is 4.26. The Hall–Kier alpha value is -1.09. The first-order valence-corrected chi connectivity index (χ1v) is 5.21. The molecule has 1 fully saturated rings. The minimum Gasteiger partial charge on any atom is -0.496 e. The highest BCUT2D eigenvalue weighted by molar-refractivity contribution is 5.46. The van der Waals surface area contributed by atoms with Crippen LogP contribution >= 0.6 is 0 Å². The van der Waals surface area contributed by atoms with E-state index in [1.165, 1.54) is 6.07 Å². The minimum absolute atomic E-state index is 0.206. The molecule has 82 valence electrons. The molecule has 0 aromatic heterocycles. The van der Waals surface area contributed by atoms with Crippen LogP contribution in [0.5, 0.6) is 5.75 Å². The van der Waals surface area contributed by atoms with Crippen molar-refractivity contribution in [2.45, 2.75) is 31.7 Å². The van der Waals surface area contributed by atoms with Gasteiger partial charge in [0.15, 0.2) is 0 Å². The first-order valence-electron chi connectivity index (χ1n) is 5.21. The molecule has 0 amide bonds. The zero-order valence-corrected chi connectivity index (χ0v) is 9.14. The molecule has 15 heavy (non-hydrogen) atoms. The topological polar surface area (TPSA) is 35.2 Å². The van der Waals surface area contributed by atoms with E-state index in [0.29, 0.717) is 11.3 Å². The third kappa shape index (κ3) is 1.51. The number of ether oxygens (including phenoxy) is 1. The molecule has 1 aliphatic carbocycles. The lowest BCUT2D eigenvalue weighted by atomic mass is 9.71. The van der Waals surface area contributed by atoms with Gasteiger partial charge in [-0.1, -0.05) is 0 Å². The molecule has 2 nitrogen and oxygen atoms in total. The predicted molar refractivity (Wildman–Crippen MR) is 57.4 cm³/mol. The lowest BCUT2D eigenvalue weighted by Crippen LogP contribution is -2.44. The van der Waals surface area contributed by atoms with Crippen LogP contribution in [0.15, 0.2) is 12.1 Å². The van der Waals surface area contributed by atoms with Crippen molar-refractivity contribution in [2.75, 3.05) is 7.11 Å². The van der Waals surface area contributed by atoms with Crippen molar-refractivity contribution in [1.29, 1.82) is 0 Å². The van der Waals surface area contributed by atoms with E-state index in [1.807, 2.05) is 0 Å². The normalized spacial score (nSPS) is 18.4. The van der Waals surface area contributed by atoms with Crippen LogP contribution < -0.4 is 10.5 Å². The minimum atomic E-state index is -0.377. The fraction of sp³-hybridized carbons (Fsp3) is 0.500. The standard InChI is InChI=1S/C12H16FNO/c1-8-9(13)4-5-10(15-2)11(8)12(14)6-3-7-12/h4-5H,3,6-7,14H2,1-2H3. The lowest BCUT2D eigenvalue weighted by molar-refractivity contribution is 0.241. The van der Waals surface area contributed by atoms with E-state index in [9.17, 15) is 4.39 Å². The van der Waals surface area contributed by atoms with Crippen molar-refractivity contribution in [2.24, 2.45) is 5.73 Å². The van der Waals surface area contributed by atoms with Gasteiger partial charge in [-0.05, 0) is 43.9 Å². The van der Waals surface area contributed by atoms with Gasteiger partial charge < -0.3 is 10.5 Å². The summed E-state index contributed by atoms with van der Waals surface area (Å²) in [6.07, 6.45) is 2.93. The molecule has 0 heterocycles. The van der Waals surface area contributed by atoms with Crippen LogP contribution in [0.1, 0.15) is 30.4 Å². The van der Waals surface area contributed by atoms with E-state index in [2.05, 4.69) is 0 Å². The number of hydrogen-bond donors (Lipinski definition) is 1. The van der Waals surface area contributed by atoms with Gasteiger partial charge in [0, 0.05) is 11.1 Å². The molecule has 2 rings (SSSR count). The molecule has 1 aliphatic rings. The summed E-state index contributed by atoms with van der Waals surface area (Å²) in [5.41, 5.74) is 7.31. The van der Waals surface area contributed by atoms with E-state index in [-0.39, 0.29) is 11.4 Å². The van der Waals surface area contributed by atoms with Gasteiger partial charge in [0.2, 0.25) is 0 Å². The number of halogens is 1. The summed E-state index contributed by atoms with van der Waals surface area (Å²) in [5, 5.41) is 0. The fourth-order valence-electron chi connectivity index (χ4n) is 2.26. The summed E-state index contributed by atoms with van der Waals surface area (Å²) in [5.74, 6) is 0.499. The SMILES string of the molecule is COc1ccc(F)c(C)c1C1(N)CCC1. The molecule has 1 aromatic rings. The van der Waals surface area contributed by atoms with Gasteiger partial charge in [0.25, 0.3) is 0 Å². The van der Waals surface area contributed by atoms with Crippen LogP contribution in [-0.2, 0) is 5.54 Å². The Kier molecular flexibility index (Phi) is 2.43. The van der Waals surface area contributed by atoms with Gasteiger partial charge >= 0.3 is 0 Å². The number of nitrogens with two attached hydrogens (primary N) is 1. The van der Waals surface area contributed by atoms with E-state index in [1.54, 1.807) is 20.1 Å². The molecule has 0 spiro atoms. The van der Waals surface area contributed by atoms with E-state index >= 15 is 0 Å². The van der Waals surface area contributed by atoms with E-state index < -0.39 is 0 Å². The molecule has 2 N–H and O–H groups in total. The Labute approximate surface area is 89.2 Å². The maximum atomic E-state index is 13.5. The number of benzene rings is 1. The zero-order valence-electron chi connectivity index (χ0n) is 9.14. The highest BCUT2D eigenvalue weighted by Crippen LogP contribution is 2.44. The highest BCUT2D eigenvalue weighted by atomic mass is 19.1. The smallest absolute Gasteiger partial charge is 0.126 e. The van der Waals surface area contributed by atoms with E-state index in [4.69, 9.17) is 10.5 Å². The van der Waals surface area contributed by atoms with Gasteiger partial charge in [-0.25, -0.2) is 4.39 Å². The quantitative estimate of drug-likeness (QED) is 0.812. The molecule has 1 saturated carbocycles. The van der Waals surface area contributed by atoms with Crippen molar-refractivity contribution in [3.8, 4) is 5.75 Å². The van der Waals surface area contributed by atoms with Crippen LogP contribution in [-0.4, -0.2) is 7.11 Å². The van der Waals surface area contributed by atoms with Crippen molar-refractivity contribution in [3.63, 3.8) is 0 Å². The molecule has 0 aliphatic heterocycles. The van der Waals surface area contributed by atoms with Crippen LogP contribution in [0.4, 0.5) is 4.39 Å². The second kappa shape index (κ2) is 3.49. The summed E-state index contributed by atoms with van der Waals surface area (Å²) >= 11 is 0. The largest absolute Gasteiger partial charge is 0.496 e. The van der Waals surface area contributed by atoms with Gasteiger partial charge in [-0.15, -0.1) is 0 Å². The maximum absolute atomic E-state index is 13.5. The monoisotopic (exact) mass is 209 g/mol.